The summed E-state index contributed by atoms with van der Waals surface area (Å²) in [6, 6.07) is 16.6. The van der Waals surface area contributed by atoms with Crippen LogP contribution in [0.5, 0.6) is 5.75 Å². The molecule has 0 fully saturated rings. The van der Waals surface area contributed by atoms with Crippen LogP contribution in [0.1, 0.15) is 10.4 Å². The molecule has 4 rings (SSSR count). The second-order valence-corrected chi connectivity index (χ2v) is 5.79. The van der Waals surface area contributed by atoms with Crippen LogP contribution in [-0.2, 0) is 0 Å². The highest BCUT2D eigenvalue weighted by Crippen LogP contribution is 2.27. The van der Waals surface area contributed by atoms with Crippen LogP contribution in [-0.4, -0.2) is 28.2 Å². The molecule has 6 heteroatoms. The molecule has 0 radical (unpaired) electrons. The first kappa shape index (κ1) is 15.8. The second kappa shape index (κ2) is 6.33. The number of anilines is 2. The number of hydrogen-bond donors (Lipinski definition) is 2. The van der Waals surface area contributed by atoms with Gasteiger partial charge in [0, 0.05) is 16.8 Å². The molecule has 0 bridgehead atoms. The summed E-state index contributed by atoms with van der Waals surface area (Å²) in [5.41, 5.74) is 2.27. The molecule has 0 spiro atoms. The van der Waals surface area contributed by atoms with Gasteiger partial charge in [0.05, 0.1) is 30.0 Å². The summed E-state index contributed by atoms with van der Waals surface area (Å²) in [6.07, 6.45) is 1.66. The molecule has 4 aromatic rings. The summed E-state index contributed by atoms with van der Waals surface area (Å²) in [4.78, 5) is 20.5. The Bertz CT molecular complexity index is 1140. The lowest BCUT2D eigenvalue weighted by Gasteiger charge is -2.11. The molecule has 0 amide bonds. The molecule has 0 aliphatic carbocycles. The quantitative estimate of drug-likeness (QED) is 0.576. The van der Waals surface area contributed by atoms with Gasteiger partial charge < -0.3 is 15.2 Å². The molecule has 2 heterocycles. The summed E-state index contributed by atoms with van der Waals surface area (Å²) >= 11 is 0. The van der Waals surface area contributed by atoms with Gasteiger partial charge in [-0.25, -0.2) is 9.78 Å². The number of aromatic nitrogens is 2. The van der Waals surface area contributed by atoms with Crippen LogP contribution in [0.4, 0.5) is 11.5 Å². The van der Waals surface area contributed by atoms with E-state index < -0.39 is 5.97 Å². The van der Waals surface area contributed by atoms with E-state index in [9.17, 15) is 9.90 Å². The zero-order valence-electron chi connectivity index (χ0n) is 13.9. The first-order valence-corrected chi connectivity index (χ1v) is 7.98. The Labute approximate surface area is 149 Å². The third kappa shape index (κ3) is 2.88. The van der Waals surface area contributed by atoms with Crippen LogP contribution in [0.3, 0.4) is 0 Å². The maximum atomic E-state index is 11.7. The first-order chi connectivity index (χ1) is 12.6. The number of pyridine rings is 2. The zero-order valence-corrected chi connectivity index (χ0v) is 13.9. The molecular weight excluding hydrogens is 330 g/mol. The number of carbonyl (C=O) groups is 1. The molecular formula is C20H15N3O3. The summed E-state index contributed by atoms with van der Waals surface area (Å²) in [5.74, 6) is -0.131. The number of hydrogen-bond acceptors (Lipinski definition) is 5. The molecule has 2 N–H and O–H groups in total. The van der Waals surface area contributed by atoms with E-state index >= 15 is 0 Å². The lowest BCUT2D eigenvalue weighted by molar-refractivity contribution is 0.0698. The van der Waals surface area contributed by atoms with E-state index in [4.69, 9.17) is 4.74 Å². The van der Waals surface area contributed by atoms with E-state index in [0.29, 0.717) is 17.0 Å². The highest BCUT2D eigenvalue weighted by molar-refractivity contribution is 5.99. The molecule has 0 aliphatic rings. The SMILES string of the molecule is COc1ccc2cc(C(=O)O)c(Nc3cnc4ccccc4c3)nc2c1. The van der Waals surface area contributed by atoms with E-state index in [-0.39, 0.29) is 11.4 Å². The van der Waals surface area contributed by atoms with Gasteiger partial charge in [-0.1, -0.05) is 18.2 Å². The van der Waals surface area contributed by atoms with Crippen molar-refractivity contribution in [3.8, 4) is 5.75 Å². The van der Waals surface area contributed by atoms with Gasteiger partial charge in [0.25, 0.3) is 0 Å². The average Bonchev–Trinajstić information content (AvgIpc) is 2.66. The number of benzene rings is 2. The van der Waals surface area contributed by atoms with Gasteiger partial charge in [0.2, 0.25) is 0 Å². The molecule has 2 aromatic heterocycles. The third-order valence-corrected chi connectivity index (χ3v) is 4.11. The fraction of sp³-hybridized carbons (Fsp3) is 0.0500. The fourth-order valence-electron chi connectivity index (χ4n) is 2.81. The average molecular weight is 345 g/mol. The molecule has 0 aliphatic heterocycles. The van der Waals surface area contributed by atoms with Crippen molar-refractivity contribution in [2.24, 2.45) is 0 Å². The minimum Gasteiger partial charge on any atom is -0.497 e. The van der Waals surface area contributed by atoms with Gasteiger partial charge >= 0.3 is 5.97 Å². The summed E-state index contributed by atoms with van der Waals surface area (Å²) < 4.78 is 5.22. The summed E-state index contributed by atoms with van der Waals surface area (Å²) in [6.45, 7) is 0. The normalized spacial score (nSPS) is 10.8. The van der Waals surface area contributed by atoms with Gasteiger partial charge in [0.15, 0.2) is 0 Å². The van der Waals surface area contributed by atoms with Crippen molar-refractivity contribution in [2.45, 2.75) is 0 Å². The number of nitrogens with zero attached hydrogens (tertiary/aromatic N) is 2. The molecule has 0 saturated carbocycles. The minimum atomic E-state index is -1.05. The number of aromatic carboxylic acids is 1. The smallest absolute Gasteiger partial charge is 0.339 e. The highest BCUT2D eigenvalue weighted by Gasteiger charge is 2.14. The van der Waals surface area contributed by atoms with Crippen LogP contribution in [0.15, 0.2) is 60.8 Å². The van der Waals surface area contributed by atoms with E-state index in [1.807, 2.05) is 30.3 Å². The minimum absolute atomic E-state index is 0.0934. The molecule has 26 heavy (non-hydrogen) atoms. The van der Waals surface area contributed by atoms with Gasteiger partial charge in [0.1, 0.15) is 17.1 Å². The molecule has 0 saturated heterocycles. The van der Waals surface area contributed by atoms with Crippen molar-refractivity contribution in [3.05, 3.63) is 66.4 Å². The molecule has 0 unspecified atom stereocenters. The van der Waals surface area contributed by atoms with Crippen molar-refractivity contribution in [3.63, 3.8) is 0 Å². The highest BCUT2D eigenvalue weighted by atomic mass is 16.5. The Kier molecular flexibility index (Phi) is 3.85. The van der Waals surface area contributed by atoms with Crippen molar-refractivity contribution >= 4 is 39.3 Å². The lowest BCUT2D eigenvalue weighted by Crippen LogP contribution is -2.05. The number of ether oxygens (including phenoxy) is 1. The number of rotatable bonds is 4. The maximum absolute atomic E-state index is 11.7. The van der Waals surface area contributed by atoms with Crippen LogP contribution < -0.4 is 10.1 Å². The molecule has 0 atom stereocenters. The van der Waals surface area contributed by atoms with Crippen LogP contribution in [0.25, 0.3) is 21.8 Å². The molecule has 6 nitrogen and oxygen atoms in total. The second-order valence-electron chi connectivity index (χ2n) is 5.79. The van der Waals surface area contributed by atoms with Crippen molar-refractivity contribution < 1.29 is 14.6 Å². The van der Waals surface area contributed by atoms with Crippen LogP contribution in [0, 0.1) is 0 Å². The van der Waals surface area contributed by atoms with E-state index in [1.54, 1.807) is 37.6 Å². The van der Waals surface area contributed by atoms with Crippen LogP contribution >= 0.6 is 0 Å². The molecule has 128 valence electrons. The van der Waals surface area contributed by atoms with Crippen molar-refractivity contribution in [1.29, 1.82) is 0 Å². The zero-order chi connectivity index (χ0) is 18.1. The number of carboxylic acids is 1. The number of para-hydroxylation sites is 1. The Balaban J connectivity index is 1.82. The number of nitrogens with one attached hydrogen (secondary N) is 1. The number of fused-ring (bicyclic) bond motifs is 2. The monoisotopic (exact) mass is 345 g/mol. The Hall–Kier alpha value is -3.67. The standard InChI is InChI=1S/C20H15N3O3/c1-26-15-7-6-13-9-16(20(24)25)19(23-18(13)10-15)22-14-8-12-4-2-3-5-17(12)21-11-14/h2-11H,1H3,(H,22,23)(H,24,25). The predicted octanol–water partition coefficient (Wildman–Crippen LogP) is 4.23. The van der Waals surface area contributed by atoms with Crippen LogP contribution in [0.2, 0.25) is 0 Å². The van der Waals surface area contributed by atoms with Crippen molar-refractivity contribution in [1.82, 2.24) is 9.97 Å². The first-order valence-electron chi connectivity index (χ1n) is 7.98. The maximum Gasteiger partial charge on any atom is 0.339 e. The number of carboxylic acid groups (broad SMARTS) is 1. The molecule has 2 aromatic carbocycles. The number of methoxy groups -OCH3 is 1. The summed E-state index contributed by atoms with van der Waals surface area (Å²) in [7, 11) is 1.58. The van der Waals surface area contributed by atoms with Gasteiger partial charge in [-0.2, -0.15) is 0 Å². The predicted molar refractivity (Wildman–Crippen MR) is 100 cm³/mol. The van der Waals surface area contributed by atoms with E-state index in [2.05, 4.69) is 15.3 Å². The Morgan fingerprint density at radius 3 is 2.65 bits per heavy atom. The van der Waals surface area contributed by atoms with E-state index in [0.717, 1.165) is 16.3 Å². The fourth-order valence-corrected chi connectivity index (χ4v) is 2.81. The van der Waals surface area contributed by atoms with Gasteiger partial charge in [-0.3, -0.25) is 4.98 Å². The van der Waals surface area contributed by atoms with Crippen molar-refractivity contribution in [2.75, 3.05) is 12.4 Å². The summed E-state index contributed by atoms with van der Waals surface area (Å²) in [5, 5.41) is 14.3. The van der Waals surface area contributed by atoms with E-state index in [1.165, 1.54) is 0 Å². The van der Waals surface area contributed by atoms with Gasteiger partial charge in [-0.15, -0.1) is 0 Å². The Morgan fingerprint density at radius 1 is 1.04 bits per heavy atom. The lowest BCUT2D eigenvalue weighted by atomic mass is 10.1. The Morgan fingerprint density at radius 2 is 1.85 bits per heavy atom. The topological polar surface area (TPSA) is 84.3 Å². The third-order valence-electron chi connectivity index (χ3n) is 4.11. The largest absolute Gasteiger partial charge is 0.497 e. The van der Waals surface area contributed by atoms with Gasteiger partial charge in [-0.05, 0) is 30.3 Å².